The van der Waals surface area contributed by atoms with Crippen molar-refractivity contribution in [3.05, 3.63) is 18.0 Å². The Bertz CT molecular complexity index is 758. The molecule has 0 spiro atoms. The van der Waals surface area contributed by atoms with Crippen LogP contribution in [0.2, 0.25) is 0 Å². The van der Waals surface area contributed by atoms with Crippen LogP contribution >= 0.6 is 34.8 Å². The Balaban J connectivity index is 0.000000447. The second-order valence-corrected chi connectivity index (χ2v) is 8.08. The Morgan fingerprint density at radius 2 is 1.83 bits per heavy atom. The smallest absolute Gasteiger partial charge is 0.328 e. The molecule has 0 amide bonds. The number of aliphatic carboxylic acids is 2. The number of aromatic nitrogens is 3. The van der Waals surface area contributed by atoms with Crippen LogP contribution in [0, 0.1) is 0 Å². The van der Waals surface area contributed by atoms with Crippen molar-refractivity contribution in [1.82, 2.24) is 15.0 Å². The number of hydrazone groups is 1. The summed E-state index contributed by atoms with van der Waals surface area (Å²) in [5, 5.41) is 23.5. The maximum Gasteiger partial charge on any atom is 0.328 e. The van der Waals surface area contributed by atoms with E-state index in [-0.39, 0.29) is 11.8 Å². The van der Waals surface area contributed by atoms with Gasteiger partial charge in [-0.1, -0.05) is 34.8 Å². The number of rotatable bonds is 5. The van der Waals surface area contributed by atoms with E-state index in [0.717, 1.165) is 31.9 Å². The molecule has 0 saturated carbocycles. The molecule has 1 aromatic heterocycles. The summed E-state index contributed by atoms with van der Waals surface area (Å²) in [6.45, 7) is 7.32. The van der Waals surface area contributed by atoms with Gasteiger partial charge in [0.25, 0.3) is 0 Å². The van der Waals surface area contributed by atoms with Gasteiger partial charge in [0.2, 0.25) is 15.7 Å². The van der Waals surface area contributed by atoms with Gasteiger partial charge in [0, 0.05) is 11.8 Å². The first kappa shape index (κ1) is 24.8. The summed E-state index contributed by atoms with van der Waals surface area (Å²) in [6, 6.07) is 0. The number of alkyl halides is 3. The lowest BCUT2D eigenvalue weighted by molar-refractivity contribution is -0.655. The first-order valence-electron chi connectivity index (χ1n) is 8.28. The van der Waals surface area contributed by atoms with E-state index in [1.165, 1.54) is 0 Å². The molecule has 14 heteroatoms. The lowest BCUT2D eigenvalue weighted by atomic mass is 10.4. The van der Waals surface area contributed by atoms with Crippen molar-refractivity contribution < 1.29 is 25.1 Å². The van der Waals surface area contributed by atoms with E-state index in [0.29, 0.717) is 18.1 Å². The molecule has 1 aliphatic heterocycles. The maximum absolute atomic E-state index is 9.53. The highest BCUT2D eigenvalue weighted by atomic mass is 35.6. The van der Waals surface area contributed by atoms with Gasteiger partial charge in [-0.05, 0) is 19.9 Å². The number of nitrogens with zero attached hydrogens (tertiary/aromatic N) is 5. The number of carboxylic acid groups (broad SMARTS) is 2. The molecule has 160 valence electrons. The number of carbonyl (C=O) groups excluding carboxylic acids is 1. The minimum absolute atomic E-state index is 0.0820. The number of carboxylic acids is 2. The highest BCUT2D eigenvalue weighted by Crippen LogP contribution is 2.36. The van der Waals surface area contributed by atoms with E-state index in [1.807, 2.05) is 18.7 Å². The van der Waals surface area contributed by atoms with E-state index in [4.69, 9.17) is 39.9 Å². The number of nitrogens with one attached hydrogen (secondary N) is 1. The third-order valence-corrected chi connectivity index (χ3v) is 3.61. The van der Waals surface area contributed by atoms with Gasteiger partial charge in [-0.3, -0.25) is 0 Å². The first-order chi connectivity index (χ1) is 13.5. The molecule has 1 fully saturated rings. The summed E-state index contributed by atoms with van der Waals surface area (Å²) in [4.78, 5) is 33.7. The first-order valence-corrected chi connectivity index (χ1v) is 9.41. The fourth-order valence-electron chi connectivity index (χ4n) is 1.93. The van der Waals surface area contributed by atoms with E-state index >= 15 is 0 Å². The predicted octanol–water partition coefficient (Wildman–Crippen LogP) is -0.733. The molecule has 2 heterocycles. The molecule has 0 aromatic carbocycles. The molecule has 0 aliphatic carbocycles. The monoisotopic (exact) mass is 467 g/mol. The SMILES string of the molecule is CC(C)=NNc1nc(N2CC[NH2+]CC2)nc(C(Cl)(Cl)Cl)n1.O=C([O-])/C=C/C(=O)O. The Kier molecular flexibility index (Phi) is 10.0. The number of hydrogen-bond acceptors (Lipinski definition) is 9. The van der Waals surface area contributed by atoms with Crippen LogP contribution in [0.1, 0.15) is 19.7 Å². The number of piperazine rings is 1. The molecule has 11 nitrogen and oxygen atoms in total. The number of nitrogens with two attached hydrogens (primary N) is 1. The number of hydrogen-bond donors (Lipinski definition) is 3. The molecular formula is C15H20Cl3N7O4. The normalized spacial score (nSPS) is 14.0. The highest BCUT2D eigenvalue weighted by molar-refractivity contribution is 6.66. The molecule has 1 aromatic rings. The van der Waals surface area contributed by atoms with Crippen molar-refractivity contribution in [3.63, 3.8) is 0 Å². The van der Waals surface area contributed by atoms with Crippen molar-refractivity contribution in [3.8, 4) is 0 Å². The standard InChI is InChI=1S/C11H16Cl3N7.C4H4O4/c1-7(2)19-20-9-16-8(11(12,13)14)17-10(18-9)21-5-3-15-4-6-21;5-3(6)1-2-4(7)8/h15H,3-6H2,1-2H3,(H,16,17,18,20);1-2H,(H,5,6)(H,7,8)/b;2-1+. The van der Waals surface area contributed by atoms with Crippen molar-refractivity contribution in [2.75, 3.05) is 36.5 Å². The minimum atomic E-state index is -1.71. The quantitative estimate of drug-likeness (QED) is 0.219. The summed E-state index contributed by atoms with van der Waals surface area (Å²) in [6.07, 6.45) is 0.942. The molecule has 0 atom stereocenters. The molecule has 1 saturated heterocycles. The van der Waals surface area contributed by atoms with Crippen LogP contribution < -0.4 is 20.7 Å². The molecule has 1 aliphatic rings. The van der Waals surface area contributed by atoms with Crippen LogP contribution in [0.3, 0.4) is 0 Å². The number of carbonyl (C=O) groups is 2. The van der Waals surface area contributed by atoms with Crippen molar-refractivity contribution in [2.24, 2.45) is 5.10 Å². The highest BCUT2D eigenvalue weighted by Gasteiger charge is 2.29. The summed E-state index contributed by atoms with van der Waals surface area (Å²) in [7, 11) is 0. The minimum Gasteiger partial charge on any atom is -0.545 e. The van der Waals surface area contributed by atoms with Crippen molar-refractivity contribution >= 4 is 64.3 Å². The van der Waals surface area contributed by atoms with Gasteiger partial charge in [0.05, 0.1) is 32.1 Å². The third kappa shape index (κ3) is 10.2. The zero-order chi connectivity index (χ0) is 22.0. The van der Waals surface area contributed by atoms with Crippen LogP contribution in [0.15, 0.2) is 17.3 Å². The molecule has 0 radical (unpaired) electrons. The molecular weight excluding hydrogens is 449 g/mol. The third-order valence-electron chi connectivity index (χ3n) is 3.11. The predicted molar refractivity (Wildman–Crippen MR) is 107 cm³/mol. The number of anilines is 2. The van der Waals surface area contributed by atoms with Gasteiger partial charge in [0.1, 0.15) is 0 Å². The van der Waals surface area contributed by atoms with E-state index in [2.05, 4.69) is 30.8 Å². The van der Waals surface area contributed by atoms with Gasteiger partial charge in [-0.2, -0.15) is 20.1 Å². The summed E-state index contributed by atoms with van der Waals surface area (Å²) in [5.41, 5.74) is 3.58. The average molecular weight is 469 g/mol. The lowest BCUT2D eigenvalue weighted by Gasteiger charge is -2.26. The summed E-state index contributed by atoms with van der Waals surface area (Å²) >= 11 is 17.7. The number of halogens is 3. The van der Waals surface area contributed by atoms with Crippen LogP contribution in [0.5, 0.6) is 0 Å². The molecule has 29 heavy (non-hydrogen) atoms. The van der Waals surface area contributed by atoms with E-state index in [1.54, 1.807) is 0 Å². The topological polar surface area (TPSA) is 160 Å². The van der Waals surface area contributed by atoms with Gasteiger partial charge >= 0.3 is 5.97 Å². The van der Waals surface area contributed by atoms with Gasteiger partial charge in [0.15, 0.2) is 5.82 Å². The molecule has 0 bridgehead atoms. The van der Waals surface area contributed by atoms with Gasteiger partial charge < -0.3 is 25.2 Å². The Morgan fingerprint density at radius 3 is 2.28 bits per heavy atom. The van der Waals surface area contributed by atoms with Crippen molar-refractivity contribution in [1.29, 1.82) is 0 Å². The largest absolute Gasteiger partial charge is 0.545 e. The summed E-state index contributed by atoms with van der Waals surface area (Å²) in [5.74, 6) is -1.97. The molecule has 0 unspecified atom stereocenters. The Hall–Kier alpha value is -2.21. The Labute approximate surface area is 181 Å². The average Bonchev–Trinajstić information content (AvgIpc) is 2.65. The fraction of sp³-hybridized carbons (Fsp3) is 0.467. The van der Waals surface area contributed by atoms with E-state index in [9.17, 15) is 14.7 Å². The van der Waals surface area contributed by atoms with Crippen molar-refractivity contribution in [2.45, 2.75) is 17.6 Å². The lowest BCUT2D eigenvalue weighted by Crippen LogP contribution is -2.89. The van der Waals surface area contributed by atoms with Gasteiger partial charge in [-0.15, -0.1) is 0 Å². The zero-order valence-electron chi connectivity index (χ0n) is 15.6. The second kappa shape index (κ2) is 11.7. The summed E-state index contributed by atoms with van der Waals surface area (Å²) < 4.78 is -1.71. The van der Waals surface area contributed by atoms with Gasteiger partial charge in [-0.25, -0.2) is 10.2 Å². The van der Waals surface area contributed by atoms with Crippen LogP contribution in [0.4, 0.5) is 11.9 Å². The van der Waals surface area contributed by atoms with Crippen LogP contribution in [-0.2, 0) is 13.4 Å². The maximum atomic E-state index is 9.53. The Morgan fingerprint density at radius 1 is 1.21 bits per heavy atom. The molecule has 4 N–H and O–H groups in total. The van der Waals surface area contributed by atoms with Crippen LogP contribution in [0.25, 0.3) is 0 Å². The van der Waals surface area contributed by atoms with E-state index < -0.39 is 15.7 Å². The fourth-order valence-corrected chi connectivity index (χ4v) is 2.19. The molecule has 2 rings (SSSR count). The number of quaternary nitrogens is 1. The second-order valence-electron chi connectivity index (χ2n) is 5.79. The zero-order valence-corrected chi connectivity index (χ0v) is 17.9. The van der Waals surface area contributed by atoms with Crippen LogP contribution in [-0.4, -0.2) is 63.9 Å².